The van der Waals surface area contributed by atoms with E-state index in [1.165, 1.54) is 0 Å². The molecule has 0 unspecified atom stereocenters. The molecular formula is C16H32N6O7. The third-order valence-corrected chi connectivity index (χ3v) is 3.69. The highest BCUT2D eigenvalue weighted by Gasteiger charge is 2.14. The Balaban J connectivity index is 4.39. The maximum absolute atomic E-state index is 11.5. The van der Waals surface area contributed by atoms with Gasteiger partial charge in [0.2, 0.25) is 5.91 Å². The van der Waals surface area contributed by atoms with E-state index >= 15 is 0 Å². The van der Waals surface area contributed by atoms with Gasteiger partial charge in [-0.25, -0.2) is 0 Å². The van der Waals surface area contributed by atoms with Crippen molar-refractivity contribution in [1.29, 1.82) is 0 Å². The van der Waals surface area contributed by atoms with E-state index in [1.54, 1.807) is 9.80 Å². The van der Waals surface area contributed by atoms with Crippen LogP contribution in [-0.4, -0.2) is 127 Å². The quantitative estimate of drug-likeness (QED) is 0.100. The highest BCUT2D eigenvalue weighted by molar-refractivity contribution is 5.77. The van der Waals surface area contributed by atoms with Crippen LogP contribution in [0.2, 0.25) is 0 Å². The van der Waals surface area contributed by atoms with Crippen molar-refractivity contribution < 1.29 is 34.5 Å². The summed E-state index contributed by atoms with van der Waals surface area (Å²) < 4.78 is 0. The zero-order valence-electron chi connectivity index (χ0n) is 16.4. The Labute approximate surface area is 169 Å². The topological polar surface area (TPSA) is 198 Å². The summed E-state index contributed by atoms with van der Waals surface area (Å²) in [6.07, 6.45) is 0. The van der Waals surface area contributed by atoms with Crippen molar-refractivity contribution in [2.24, 2.45) is 5.73 Å². The van der Waals surface area contributed by atoms with Gasteiger partial charge in [-0.1, -0.05) is 0 Å². The average molecular weight is 420 g/mol. The van der Waals surface area contributed by atoms with E-state index in [0.29, 0.717) is 45.8 Å². The summed E-state index contributed by atoms with van der Waals surface area (Å²) in [6, 6.07) is 0. The number of hydrogen-bond acceptors (Lipinski definition) is 9. The molecule has 0 atom stereocenters. The lowest BCUT2D eigenvalue weighted by Crippen LogP contribution is -2.45. The molecule has 1 amide bonds. The molecule has 0 spiro atoms. The molecule has 168 valence electrons. The zero-order chi connectivity index (χ0) is 22.1. The van der Waals surface area contributed by atoms with Gasteiger partial charge in [-0.3, -0.25) is 29.0 Å². The minimum atomic E-state index is -1.03. The molecule has 29 heavy (non-hydrogen) atoms. The molecule has 0 bridgehead atoms. The second kappa shape index (κ2) is 16.6. The summed E-state index contributed by atoms with van der Waals surface area (Å²) >= 11 is 0. The number of aliphatic carboxylic acids is 3. The van der Waals surface area contributed by atoms with Gasteiger partial charge < -0.3 is 37.0 Å². The summed E-state index contributed by atoms with van der Waals surface area (Å²) in [7, 11) is 0. The zero-order valence-corrected chi connectivity index (χ0v) is 16.4. The Morgan fingerprint density at radius 1 is 0.690 bits per heavy atom. The van der Waals surface area contributed by atoms with Crippen molar-refractivity contribution in [3.8, 4) is 0 Å². The second-order valence-corrected chi connectivity index (χ2v) is 6.23. The fourth-order valence-electron chi connectivity index (χ4n) is 2.35. The lowest BCUT2D eigenvalue weighted by molar-refractivity contribution is -0.140. The molecule has 0 saturated heterocycles. The summed E-state index contributed by atoms with van der Waals surface area (Å²) in [5.41, 5.74) is 5.29. The number of nitrogens with one attached hydrogen (secondary N) is 3. The van der Waals surface area contributed by atoms with Gasteiger partial charge >= 0.3 is 17.9 Å². The molecule has 0 rings (SSSR count). The molecule has 0 aliphatic carbocycles. The van der Waals surface area contributed by atoms with Crippen LogP contribution in [0.5, 0.6) is 0 Å². The van der Waals surface area contributed by atoms with Gasteiger partial charge in [0, 0.05) is 52.4 Å². The van der Waals surface area contributed by atoms with Gasteiger partial charge in [0.25, 0.3) is 0 Å². The second-order valence-electron chi connectivity index (χ2n) is 6.23. The van der Waals surface area contributed by atoms with E-state index in [2.05, 4.69) is 16.0 Å². The van der Waals surface area contributed by atoms with E-state index in [0.717, 1.165) is 0 Å². The summed E-state index contributed by atoms with van der Waals surface area (Å²) in [5.74, 6) is -3.26. The fraction of sp³-hybridized carbons (Fsp3) is 0.750. The molecule has 0 fully saturated rings. The van der Waals surface area contributed by atoms with E-state index in [9.17, 15) is 19.2 Å². The standard InChI is InChI=1S/C16H32N6O7/c17-1-2-20-13(23)9-18-3-5-21(11-15(26)27)7-8-22(12-16(28)29)6-4-19-10-14(24)25/h18-19H,1-12,17H2,(H,20,23)(H,24,25)(H,26,27)(H,28,29). The van der Waals surface area contributed by atoms with Crippen molar-refractivity contribution in [2.75, 3.05) is 78.5 Å². The van der Waals surface area contributed by atoms with Gasteiger partial charge in [0.15, 0.2) is 0 Å². The van der Waals surface area contributed by atoms with Crippen LogP contribution >= 0.6 is 0 Å². The molecule has 8 N–H and O–H groups in total. The summed E-state index contributed by atoms with van der Waals surface area (Å²) in [4.78, 5) is 47.2. The molecule has 0 aromatic rings. The number of nitrogens with two attached hydrogens (primary N) is 1. The van der Waals surface area contributed by atoms with Gasteiger partial charge in [0.05, 0.1) is 26.2 Å². The summed E-state index contributed by atoms with van der Waals surface area (Å²) in [5, 5.41) is 34.8. The molecule has 13 nitrogen and oxygen atoms in total. The van der Waals surface area contributed by atoms with Crippen LogP contribution in [0.1, 0.15) is 0 Å². The lowest BCUT2D eigenvalue weighted by atomic mass is 10.3. The molecular weight excluding hydrogens is 388 g/mol. The normalized spacial score (nSPS) is 11.0. The van der Waals surface area contributed by atoms with Crippen LogP contribution in [0.4, 0.5) is 0 Å². The Bertz CT molecular complexity index is 520. The monoisotopic (exact) mass is 420 g/mol. The third kappa shape index (κ3) is 17.5. The number of nitrogens with zero attached hydrogens (tertiary/aromatic N) is 2. The van der Waals surface area contributed by atoms with Gasteiger partial charge in [-0.2, -0.15) is 0 Å². The molecule has 0 aliphatic heterocycles. The maximum atomic E-state index is 11.5. The molecule has 0 aliphatic rings. The molecule has 0 saturated carbocycles. The smallest absolute Gasteiger partial charge is 0.317 e. The highest BCUT2D eigenvalue weighted by Crippen LogP contribution is 1.93. The van der Waals surface area contributed by atoms with Crippen molar-refractivity contribution in [3.63, 3.8) is 0 Å². The van der Waals surface area contributed by atoms with Crippen molar-refractivity contribution >= 4 is 23.8 Å². The van der Waals surface area contributed by atoms with Gasteiger partial charge in [-0.05, 0) is 0 Å². The van der Waals surface area contributed by atoms with E-state index < -0.39 is 17.9 Å². The molecule has 0 heterocycles. The SMILES string of the molecule is NCCNC(=O)CNCCN(CCN(CCNCC(=O)O)CC(=O)O)CC(=O)O. The van der Waals surface area contributed by atoms with E-state index in [4.69, 9.17) is 21.1 Å². The number of carbonyl (C=O) groups is 4. The Morgan fingerprint density at radius 3 is 1.59 bits per heavy atom. The lowest BCUT2D eigenvalue weighted by Gasteiger charge is -2.26. The largest absolute Gasteiger partial charge is 0.480 e. The first-order valence-corrected chi connectivity index (χ1v) is 9.22. The predicted molar refractivity (Wildman–Crippen MR) is 104 cm³/mol. The van der Waals surface area contributed by atoms with Crippen molar-refractivity contribution in [2.45, 2.75) is 0 Å². The molecule has 0 radical (unpaired) electrons. The Kier molecular flexibility index (Phi) is 15.3. The van der Waals surface area contributed by atoms with Crippen LogP contribution in [0.25, 0.3) is 0 Å². The average Bonchev–Trinajstić information content (AvgIpc) is 2.63. The molecule has 0 aromatic carbocycles. The first-order chi connectivity index (χ1) is 13.7. The van der Waals surface area contributed by atoms with Crippen LogP contribution in [0.15, 0.2) is 0 Å². The minimum absolute atomic E-state index is 0.0846. The predicted octanol–water partition coefficient (Wildman–Crippen LogP) is -3.90. The Hall–Kier alpha value is -2.32. The third-order valence-electron chi connectivity index (χ3n) is 3.69. The molecule has 13 heteroatoms. The number of carboxylic acids is 3. The van der Waals surface area contributed by atoms with Crippen LogP contribution in [-0.2, 0) is 19.2 Å². The first-order valence-electron chi connectivity index (χ1n) is 9.22. The van der Waals surface area contributed by atoms with Gasteiger partial charge in [-0.15, -0.1) is 0 Å². The van der Waals surface area contributed by atoms with Gasteiger partial charge in [0.1, 0.15) is 0 Å². The number of rotatable bonds is 19. The number of hydrogen-bond donors (Lipinski definition) is 7. The van der Waals surface area contributed by atoms with Crippen LogP contribution in [0.3, 0.4) is 0 Å². The van der Waals surface area contributed by atoms with Crippen molar-refractivity contribution in [1.82, 2.24) is 25.8 Å². The minimum Gasteiger partial charge on any atom is -0.480 e. The van der Waals surface area contributed by atoms with E-state index in [-0.39, 0.29) is 38.6 Å². The first kappa shape index (κ1) is 26.7. The number of carboxylic acid groups (broad SMARTS) is 3. The number of carbonyl (C=O) groups excluding carboxylic acids is 1. The number of amides is 1. The van der Waals surface area contributed by atoms with E-state index in [1.807, 2.05) is 0 Å². The van der Waals surface area contributed by atoms with Crippen LogP contribution in [0, 0.1) is 0 Å². The van der Waals surface area contributed by atoms with Crippen LogP contribution < -0.4 is 21.7 Å². The van der Waals surface area contributed by atoms with Crippen molar-refractivity contribution in [3.05, 3.63) is 0 Å². The maximum Gasteiger partial charge on any atom is 0.317 e. The highest BCUT2D eigenvalue weighted by atomic mass is 16.4. The molecule has 0 aromatic heterocycles. The summed E-state index contributed by atoms with van der Waals surface area (Å²) in [6.45, 7) is 2.05. The fourth-order valence-corrected chi connectivity index (χ4v) is 2.35. The Morgan fingerprint density at radius 2 is 1.17 bits per heavy atom.